The number of benzene rings is 1. The van der Waals surface area contributed by atoms with Gasteiger partial charge in [-0.25, -0.2) is 17.7 Å². The molecule has 2 aromatic rings. The highest BCUT2D eigenvalue weighted by Gasteiger charge is 2.55. The van der Waals surface area contributed by atoms with Gasteiger partial charge in [0.2, 0.25) is 4.99 Å². The molecule has 1 aromatic carbocycles. The van der Waals surface area contributed by atoms with Crippen LogP contribution in [0, 0.1) is 5.41 Å². The number of sulfonamides is 1. The van der Waals surface area contributed by atoms with Crippen molar-refractivity contribution in [2.24, 2.45) is 21.9 Å². The van der Waals surface area contributed by atoms with Crippen LogP contribution in [0.25, 0.3) is 0 Å². The maximum Gasteiger partial charge on any atom is 0.253 e. The van der Waals surface area contributed by atoms with Gasteiger partial charge in [-0.1, -0.05) is 25.4 Å². The number of halogens is 1. The molecule has 0 aliphatic carbocycles. The molecule has 0 aliphatic rings. The predicted octanol–water partition coefficient (Wildman–Crippen LogP) is 2.07. The highest BCUT2D eigenvalue weighted by Crippen LogP contribution is 2.36. The standard InChI is InChI=1S/C20H27ClN6O3S/c1-19(2,12-17(22)25-16-6-5-11-24-13-16)20(23,31(29,30)27(3)4)26-18(28)14-7-9-15(21)10-8-14/h5-11,13H,12,23H2,1-4H3,(H2,22,25)(H,26,28)/t20-/m1/s1. The number of nitrogens with one attached hydrogen (secondary N) is 1. The molecule has 0 unspecified atom stereocenters. The second-order valence-corrected chi connectivity index (χ2v) is 10.6. The number of aliphatic imine (C=N–C) groups is 1. The lowest BCUT2D eigenvalue weighted by molar-refractivity contribution is 0.0864. The van der Waals surface area contributed by atoms with E-state index in [9.17, 15) is 13.2 Å². The van der Waals surface area contributed by atoms with Crippen LogP contribution in [-0.2, 0) is 10.0 Å². The van der Waals surface area contributed by atoms with Crippen molar-refractivity contribution in [3.63, 3.8) is 0 Å². The van der Waals surface area contributed by atoms with Gasteiger partial charge < -0.3 is 11.1 Å². The van der Waals surface area contributed by atoms with E-state index in [1.165, 1.54) is 44.6 Å². The first-order valence-electron chi connectivity index (χ1n) is 9.32. The van der Waals surface area contributed by atoms with E-state index in [2.05, 4.69) is 15.3 Å². The van der Waals surface area contributed by atoms with Crippen molar-refractivity contribution in [1.82, 2.24) is 14.6 Å². The number of pyridine rings is 1. The highest BCUT2D eigenvalue weighted by atomic mass is 35.5. The van der Waals surface area contributed by atoms with Gasteiger partial charge in [-0.15, -0.1) is 0 Å². The average Bonchev–Trinajstić information content (AvgIpc) is 2.68. The Morgan fingerprint density at radius 1 is 1.23 bits per heavy atom. The molecule has 9 nitrogen and oxygen atoms in total. The lowest BCUT2D eigenvalue weighted by atomic mass is 9.84. The van der Waals surface area contributed by atoms with Gasteiger partial charge in [-0.3, -0.25) is 15.5 Å². The minimum atomic E-state index is -4.20. The number of amides is 1. The quantitative estimate of drug-likeness (QED) is 0.308. The summed E-state index contributed by atoms with van der Waals surface area (Å²) in [5.41, 5.74) is 12.0. The second kappa shape index (κ2) is 9.31. The van der Waals surface area contributed by atoms with Crippen LogP contribution < -0.4 is 16.8 Å². The first-order chi connectivity index (χ1) is 14.3. The number of hydrogen-bond acceptors (Lipinski definition) is 6. The normalized spacial score (nSPS) is 14.9. The summed E-state index contributed by atoms with van der Waals surface area (Å²) < 4.78 is 27.4. The molecule has 0 aliphatic heterocycles. The summed E-state index contributed by atoms with van der Waals surface area (Å²) >= 11 is 5.87. The first kappa shape index (κ1) is 24.7. The van der Waals surface area contributed by atoms with E-state index in [1.807, 2.05) is 0 Å². The van der Waals surface area contributed by atoms with E-state index in [0.29, 0.717) is 10.7 Å². The van der Waals surface area contributed by atoms with Crippen molar-refractivity contribution in [2.45, 2.75) is 25.3 Å². The first-order valence-corrected chi connectivity index (χ1v) is 11.1. The Hall–Kier alpha value is -2.53. The molecule has 1 amide bonds. The van der Waals surface area contributed by atoms with Crippen LogP contribution in [0.4, 0.5) is 5.69 Å². The Morgan fingerprint density at radius 2 is 1.84 bits per heavy atom. The van der Waals surface area contributed by atoms with Crippen molar-refractivity contribution >= 4 is 39.1 Å². The fourth-order valence-corrected chi connectivity index (χ4v) is 4.62. The number of carbonyl (C=O) groups is 1. The summed E-state index contributed by atoms with van der Waals surface area (Å²) in [6.07, 6.45) is 3.10. The third kappa shape index (κ3) is 5.40. The van der Waals surface area contributed by atoms with Crippen molar-refractivity contribution in [3.05, 3.63) is 59.4 Å². The number of carbonyl (C=O) groups excluding carboxylic acids is 1. The van der Waals surface area contributed by atoms with E-state index in [4.69, 9.17) is 23.1 Å². The van der Waals surface area contributed by atoms with Crippen LogP contribution >= 0.6 is 11.6 Å². The molecule has 0 fully saturated rings. The molecule has 31 heavy (non-hydrogen) atoms. The maximum atomic E-state index is 13.2. The van der Waals surface area contributed by atoms with Crippen LogP contribution in [0.2, 0.25) is 5.02 Å². The molecule has 1 atom stereocenters. The molecule has 0 bridgehead atoms. The van der Waals surface area contributed by atoms with Crippen molar-refractivity contribution in [3.8, 4) is 0 Å². The predicted molar refractivity (Wildman–Crippen MR) is 122 cm³/mol. The Balaban J connectivity index is 2.45. The monoisotopic (exact) mass is 466 g/mol. The van der Waals surface area contributed by atoms with E-state index in [0.717, 1.165) is 4.31 Å². The van der Waals surface area contributed by atoms with E-state index in [-0.39, 0.29) is 17.8 Å². The molecule has 1 aromatic heterocycles. The fraction of sp³-hybridized carbons (Fsp3) is 0.350. The van der Waals surface area contributed by atoms with Crippen LogP contribution in [0.5, 0.6) is 0 Å². The molecule has 0 spiro atoms. The number of nitrogens with two attached hydrogens (primary N) is 2. The summed E-state index contributed by atoms with van der Waals surface area (Å²) in [4.78, 5) is 18.9. The maximum absolute atomic E-state index is 13.2. The van der Waals surface area contributed by atoms with Crippen LogP contribution in [0.15, 0.2) is 53.8 Å². The smallest absolute Gasteiger partial charge is 0.253 e. The lowest BCUT2D eigenvalue weighted by Gasteiger charge is -2.44. The molecule has 168 valence electrons. The summed E-state index contributed by atoms with van der Waals surface area (Å²) in [5, 5.41) is 2.94. The number of aromatic nitrogens is 1. The zero-order chi connectivity index (χ0) is 23.4. The molecular weight excluding hydrogens is 440 g/mol. The molecule has 0 radical (unpaired) electrons. The lowest BCUT2D eigenvalue weighted by Crippen LogP contribution is -2.71. The summed E-state index contributed by atoms with van der Waals surface area (Å²) in [5.74, 6) is -0.525. The SMILES string of the molecule is CN(C)S(=O)(=O)[C@](N)(NC(=O)c1ccc(Cl)cc1)C(C)(C)CC(N)=Nc1cccnc1. The molecule has 5 N–H and O–H groups in total. The zero-order valence-corrected chi connectivity index (χ0v) is 19.4. The van der Waals surface area contributed by atoms with Gasteiger partial charge in [0.05, 0.1) is 11.9 Å². The summed E-state index contributed by atoms with van der Waals surface area (Å²) in [7, 11) is -1.51. The van der Waals surface area contributed by atoms with Crippen molar-refractivity contribution in [2.75, 3.05) is 14.1 Å². The molecule has 0 saturated heterocycles. The van der Waals surface area contributed by atoms with Gasteiger partial charge in [0.1, 0.15) is 5.84 Å². The van der Waals surface area contributed by atoms with E-state index < -0.39 is 26.3 Å². The minimum Gasteiger partial charge on any atom is -0.387 e. The number of hydrogen-bond donors (Lipinski definition) is 3. The molecule has 11 heteroatoms. The van der Waals surface area contributed by atoms with Crippen molar-refractivity contribution in [1.29, 1.82) is 0 Å². The van der Waals surface area contributed by atoms with Gasteiger partial charge in [0, 0.05) is 42.7 Å². The number of rotatable bonds is 8. The third-order valence-corrected chi connectivity index (χ3v) is 7.52. The topological polar surface area (TPSA) is 144 Å². The van der Waals surface area contributed by atoms with Gasteiger partial charge in [-0.05, 0) is 36.4 Å². The van der Waals surface area contributed by atoms with Crippen molar-refractivity contribution < 1.29 is 13.2 Å². The number of nitrogens with zero attached hydrogens (tertiary/aromatic N) is 3. The van der Waals surface area contributed by atoms with Gasteiger partial charge in [0.15, 0.2) is 0 Å². The largest absolute Gasteiger partial charge is 0.387 e. The number of amidine groups is 1. The zero-order valence-electron chi connectivity index (χ0n) is 17.8. The van der Waals surface area contributed by atoms with E-state index >= 15 is 0 Å². The second-order valence-electron chi connectivity index (χ2n) is 7.86. The molecule has 1 heterocycles. The Labute approximate surface area is 187 Å². The van der Waals surface area contributed by atoms with Gasteiger partial charge >= 0.3 is 0 Å². The van der Waals surface area contributed by atoms with Crippen LogP contribution in [-0.4, -0.2) is 48.5 Å². The van der Waals surface area contributed by atoms with Crippen LogP contribution in [0.3, 0.4) is 0 Å². The third-order valence-electron chi connectivity index (χ3n) is 4.84. The Morgan fingerprint density at radius 3 is 2.35 bits per heavy atom. The highest BCUT2D eigenvalue weighted by molar-refractivity contribution is 7.90. The molecule has 2 rings (SSSR count). The molecular formula is C20H27ClN6O3S. The Bertz CT molecular complexity index is 1060. The summed E-state index contributed by atoms with van der Waals surface area (Å²) in [6.45, 7) is 3.20. The average molecular weight is 467 g/mol. The Kier molecular flexibility index (Phi) is 7.43. The van der Waals surface area contributed by atoms with E-state index in [1.54, 1.807) is 32.2 Å². The minimum absolute atomic E-state index is 0.0215. The fourth-order valence-electron chi connectivity index (χ4n) is 2.92. The summed E-state index contributed by atoms with van der Waals surface area (Å²) in [6, 6.07) is 9.42. The van der Waals surface area contributed by atoms with Crippen LogP contribution in [0.1, 0.15) is 30.6 Å². The van der Waals surface area contributed by atoms with Gasteiger partial charge in [-0.2, -0.15) is 0 Å². The molecule has 0 saturated carbocycles. The van der Waals surface area contributed by atoms with Gasteiger partial charge in [0.25, 0.3) is 15.9 Å².